The quantitative estimate of drug-likeness (QED) is 0.861. The normalized spacial score (nSPS) is 29.3. The van der Waals surface area contributed by atoms with Crippen molar-refractivity contribution in [2.24, 2.45) is 0 Å². The first-order valence-corrected chi connectivity index (χ1v) is 6.97. The van der Waals surface area contributed by atoms with Gasteiger partial charge in [0.05, 0.1) is 6.04 Å². The lowest BCUT2D eigenvalue weighted by molar-refractivity contribution is 0.453. The van der Waals surface area contributed by atoms with Gasteiger partial charge in [-0.1, -0.05) is 6.92 Å². The van der Waals surface area contributed by atoms with Crippen molar-refractivity contribution in [1.82, 2.24) is 10.3 Å². The van der Waals surface area contributed by atoms with Gasteiger partial charge in [0.2, 0.25) is 0 Å². The fourth-order valence-electron chi connectivity index (χ4n) is 1.79. The highest BCUT2D eigenvalue weighted by atomic mass is 32.2. The largest absolute Gasteiger partial charge is 0.304 e. The number of nitrogens with zero attached hydrogens (tertiary/aromatic N) is 1. The van der Waals surface area contributed by atoms with Crippen LogP contribution < -0.4 is 5.32 Å². The van der Waals surface area contributed by atoms with Crippen LogP contribution in [0.25, 0.3) is 0 Å². The molecule has 1 fully saturated rings. The first kappa shape index (κ1) is 10.5. The topological polar surface area (TPSA) is 24.9 Å². The second kappa shape index (κ2) is 4.64. The van der Waals surface area contributed by atoms with E-state index in [1.54, 1.807) is 11.3 Å². The van der Waals surface area contributed by atoms with E-state index in [9.17, 15) is 0 Å². The Morgan fingerprint density at radius 3 is 3.07 bits per heavy atom. The summed E-state index contributed by atoms with van der Waals surface area (Å²) in [6.45, 7) is 4.51. The number of thiazole rings is 1. The van der Waals surface area contributed by atoms with Gasteiger partial charge < -0.3 is 5.32 Å². The van der Waals surface area contributed by atoms with E-state index < -0.39 is 0 Å². The molecule has 0 aliphatic carbocycles. The Morgan fingerprint density at radius 1 is 1.64 bits per heavy atom. The maximum atomic E-state index is 4.33. The maximum Gasteiger partial charge on any atom is 0.109 e. The molecule has 4 heteroatoms. The zero-order valence-corrected chi connectivity index (χ0v) is 10.2. The molecular weight excluding hydrogens is 212 g/mol. The van der Waals surface area contributed by atoms with Crippen LogP contribution in [0.15, 0.2) is 11.6 Å². The van der Waals surface area contributed by atoms with Crippen LogP contribution in [0.1, 0.15) is 31.3 Å². The average molecular weight is 228 g/mol. The third kappa shape index (κ3) is 2.30. The lowest BCUT2D eigenvalue weighted by Gasteiger charge is -2.20. The summed E-state index contributed by atoms with van der Waals surface area (Å²) < 4.78 is 0. The van der Waals surface area contributed by atoms with Crippen molar-refractivity contribution < 1.29 is 0 Å². The number of rotatable bonds is 3. The molecule has 0 spiro atoms. The summed E-state index contributed by atoms with van der Waals surface area (Å²) in [4.78, 5) is 4.33. The Labute approximate surface area is 93.5 Å². The molecule has 1 aromatic heterocycles. The van der Waals surface area contributed by atoms with Crippen molar-refractivity contribution in [3.8, 4) is 0 Å². The fraction of sp³-hybridized carbons (Fsp3) is 0.700. The highest BCUT2D eigenvalue weighted by Crippen LogP contribution is 2.28. The molecule has 3 unspecified atom stereocenters. The van der Waals surface area contributed by atoms with Crippen LogP contribution in [0.2, 0.25) is 0 Å². The van der Waals surface area contributed by atoms with Crippen molar-refractivity contribution in [3.05, 3.63) is 16.6 Å². The molecule has 1 aromatic rings. The van der Waals surface area contributed by atoms with Gasteiger partial charge in [0.25, 0.3) is 0 Å². The standard InChI is InChI=1S/C10H16N2S2/c1-7(10-11-4-6-14-10)12-9-3-5-13-8(9)2/h4,6-9,12H,3,5H2,1-2H3. The van der Waals surface area contributed by atoms with Gasteiger partial charge in [0, 0.05) is 22.9 Å². The van der Waals surface area contributed by atoms with Gasteiger partial charge in [-0.15, -0.1) is 11.3 Å². The second-order valence-electron chi connectivity index (χ2n) is 3.73. The van der Waals surface area contributed by atoms with Crippen molar-refractivity contribution >= 4 is 23.1 Å². The van der Waals surface area contributed by atoms with E-state index in [-0.39, 0.29) is 0 Å². The number of hydrogen-bond acceptors (Lipinski definition) is 4. The monoisotopic (exact) mass is 228 g/mol. The van der Waals surface area contributed by atoms with Crippen molar-refractivity contribution in [1.29, 1.82) is 0 Å². The minimum atomic E-state index is 0.404. The zero-order chi connectivity index (χ0) is 9.97. The predicted molar refractivity (Wildman–Crippen MR) is 64.0 cm³/mol. The van der Waals surface area contributed by atoms with E-state index >= 15 is 0 Å². The van der Waals surface area contributed by atoms with E-state index in [1.807, 2.05) is 11.6 Å². The number of thioether (sulfide) groups is 1. The van der Waals surface area contributed by atoms with E-state index in [2.05, 4.69) is 35.9 Å². The molecule has 0 bridgehead atoms. The SMILES string of the molecule is CC(NC1CCSC1C)c1nccs1. The Hall–Kier alpha value is -0.0600. The van der Waals surface area contributed by atoms with Crippen LogP contribution in [-0.4, -0.2) is 22.0 Å². The molecule has 1 N–H and O–H groups in total. The number of nitrogens with one attached hydrogen (secondary N) is 1. The summed E-state index contributed by atoms with van der Waals surface area (Å²) >= 11 is 3.80. The van der Waals surface area contributed by atoms with Gasteiger partial charge in [-0.3, -0.25) is 0 Å². The Morgan fingerprint density at radius 2 is 2.50 bits per heavy atom. The summed E-state index contributed by atoms with van der Waals surface area (Å²) in [7, 11) is 0. The molecule has 3 atom stereocenters. The minimum absolute atomic E-state index is 0.404. The van der Waals surface area contributed by atoms with Crippen molar-refractivity contribution in [3.63, 3.8) is 0 Å². The molecule has 0 saturated carbocycles. The number of hydrogen-bond donors (Lipinski definition) is 1. The third-order valence-electron chi connectivity index (χ3n) is 2.66. The van der Waals surface area contributed by atoms with Gasteiger partial charge >= 0.3 is 0 Å². The van der Waals surface area contributed by atoms with E-state index in [0.29, 0.717) is 12.1 Å². The molecule has 1 aliphatic rings. The molecule has 78 valence electrons. The summed E-state index contributed by atoms with van der Waals surface area (Å²) in [6.07, 6.45) is 3.17. The average Bonchev–Trinajstić information content (AvgIpc) is 2.77. The highest BCUT2D eigenvalue weighted by Gasteiger charge is 2.25. The summed E-state index contributed by atoms with van der Waals surface area (Å²) in [6, 6.07) is 1.07. The summed E-state index contributed by atoms with van der Waals surface area (Å²) in [5.41, 5.74) is 0. The lowest BCUT2D eigenvalue weighted by atomic mass is 10.1. The van der Waals surface area contributed by atoms with Gasteiger partial charge in [-0.25, -0.2) is 4.98 Å². The van der Waals surface area contributed by atoms with Crippen LogP contribution in [-0.2, 0) is 0 Å². The Kier molecular flexibility index (Phi) is 3.47. The molecule has 0 aromatic carbocycles. The van der Waals surface area contributed by atoms with Gasteiger partial charge in [-0.2, -0.15) is 11.8 Å². The van der Waals surface area contributed by atoms with E-state index in [4.69, 9.17) is 0 Å². The fourth-order valence-corrected chi connectivity index (χ4v) is 3.66. The Balaban J connectivity index is 1.91. The minimum Gasteiger partial charge on any atom is -0.304 e. The highest BCUT2D eigenvalue weighted by molar-refractivity contribution is 8.00. The first-order valence-electron chi connectivity index (χ1n) is 5.04. The molecule has 0 radical (unpaired) electrons. The van der Waals surface area contributed by atoms with Gasteiger partial charge in [-0.05, 0) is 19.1 Å². The van der Waals surface area contributed by atoms with Crippen molar-refractivity contribution in [2.45, 2.75) is 37.6 Å². The molecule has 2 nitrogen and oxygen atoms in total. The molecule has 14 heavy (non-hydrogen) atoms. The number of aromatic nitrogens is 1. The first-order chi connectivity index (χ1) is 6.77. The molecule has 2 heterocycles. The van der Waals surface area contributed by atoms with E-state index in [0.717, 1.165) is 5.25 Å². The lowest BCUT2D eigenvalue weighted by Crippen LogP contribution is -2.35. The molecule has 0 amide bonds. The van der Waals surface area contributed by atoms with Crippen LogP contribution >= 0.6 is 23.1 Å². The summed E-state index contributed by atoms with van der Waals surface area (Å²) in [5, 5.41) is 7.65. The van der Waals surface area contributed by atoms with Crippen LogP contribution in [0, 0.1) is 0 Å². The zero-order valence-electron chi connectivity index (χ0n) is 8.56. The maximum absolute atomic E-state index is 4.33. The van der Waals surface area contributed by atoms with Gasteiger partial charge in [0.1, 0.15) is 5.01 Å². The van der Waals surface area contributed by atoms with Gasteiger partial charge in [0.15, 0.2) is 0 Å². The van der Waals surface area contributed by atoms with Crippen LogP contribution in [0.4, 0.5) is 0 Å². The smallest absolute Gasteiger partial charge is 0.109 e. The molecular formula is C10H16N2S2. The molecule has 2 rings (SSSR count). The summed E-state index contributed by atoms with van der Waals surface area (Å²) in [5.74, 6) is 1.30. The predicted octanol–water partition coefficient (Wildman–Crippen LogP) is 2.69. The van der Waals surface area contributed by atoms with E-state index in [1.165, 1.54) is 17.2 Å². The second-order valence-corrected chi connectivity index (χ2v) is 6.14. The Bertz CT molecular complexity index is 274. The molecule has 1 aliphatic heterocycles. The molecule has 1 saturated heterocycles. The van der Waals surface area contributed by atoms with Crippen LogP contribution in [0.5, 0.6) is 0 Å². The third-order valence-corrected chi connectivity index (χ3v) is 4.95. The van der Waals surface area contributed by atoms with Crippen molar-refractivity contribution in [2.75, 3.05) is 5.75 Å². The van der Waals surface area contributed by atoms with Crippen LogP contribution in [0.3, 0.4) is 0 Å².